The summed E-state index contributed by atoms with van der Waals surface area (Å²) in [6.45, 7) is 4.40. The Labute approximate surface area is 88.5 Å². The molecule has 74 valence electrons. The summed E-state index contributed by atoms with van der Waals surface area (Å²) in [5.74, 6) is 0.641. The van der Waals surface area contributed by atoms with Crippen molar-refractivity contribution in [2.24, 2.45) is 5.92 Å². The third-order valence-electron chi connectivity index (χ3n) is 2.19. The van der Waals surface area contributed by atoms with Crippen LogP contribution in [-0.4, -0.2) is 9.61 Å². The van der Waals surface area contributed by atoms with Gasteiger partial charge in [0, 0.05) is 11.2 Å². The van der Waals surface area contributed by atoms with E-state index in [0.29, 0.717) is 5.92 Å². The Morgan fingerprint density at radius 1 is 1.50 bits per heavy atom. The van der Waals surface area contributed by atoms with Crippen LogP contribution in [-0.2, 0) is 6.42 Å². The Morgan fingerprint density at radius 2 is 2.29 bits per heavy atom. The number of halogens is 1. The van der Waals surface area contributed by atoms with Crippen molar-refractivity contribution in [3.8, 4) is 0 Å². The van der Waals surface area contributed by atoms with Crippen LogP contribution in [0, 0.1) is 5.92 Å². The summed E-state index contributed by atoms with van der Waals surface area (Å²) in [5, 5.41) is 5.04. The van der Waals surface area contributed by atoms with Crippen molar-refractivity contribution < 1.29 is 0 Å². The minimum atomic E-state index is 0.641. The zero-order valence-corrected chi connectivity index (χ0v) is 9.12. The standard InChI is InChI=1S/C11H13ClN2/c1-8(2)5-9-7-13-14-4-3-10(12)6-11(9)14/h3-4,6-8H,5H2,1-2H3. The van der Waals surface area contributed by atoms with E-state index in [4.69, 9.17) is 11.6 Å². The Hall–Kier alpha value is -1.02. The fourth-order valence-corrected chi connectivity index (χ4v) is 1.76. The van der Waals surface area contributed by atoms with Gasteiger partial charge in [0.25, 0.3) is 0 Å². The average Bonchev–Trinajstić information content (AvgIpc) is 2.47. The SMILES string of the molecule is CC(C)Cc1cnn2ccc(Cl)cc12. The molecule has 3 heteroatoms. The van der Waals surface area contributed by atoms with Gasteiger partial charge in [0.1, 0.15) is 0 Å². The van der Waals surface area contributed by atoms with E-state index in [1.54, 1.807) is 0 Å². The maximum atomic E-state index is 5.94. The molecule has 0 amide bonds. The van der Waals surface area contributed by atoms with E-state index in [1.165, 1.54) is 5.56 Å². The minimum absolute atomic E-state index is 0.641. The normalized spacial score (nSPS) is 11.4. The van der Waals surface area contributed by atoms with Crippen LogP contribution in [0.25, 0.3) is 5.52 Å². The quantitative estimate of drug-likeness (QED) is 0.741. The van der Waals surface area contributed by atoms with E-state index in [-0.39, 0.29) is 0 Å². The number of nitrogens with zero attached hydrogens (tertiary/aromatic N) is 2. The molecule has 0 bridgehead atoms. The first-order chi connectivity index (χ1) is 6.66. The van der Waals surface area contributed by atoms with E-state index in [9.17, 15) is 0 Å². The molecule has 14 heavy (non-hydrogen) atoms. The van der Waals surface area contributed by atoms with Crippen LogP contribution < -0.4 is 0 Å². The molecule has 0 aliphatic rings. The molecule has 2 aromatic heterocycles. The molecule has 2 rings (SSSR count). The molecule has 0 atom stereocenters. The molecule has 0 fully saturated rings. The summed E-state index contributed by atoms with van der Waals surface area (Å²) >= 11 is 5.94. The van der Waals surface area contributed by atoms with Gasteiger partial charge < -0.3 is 0 Å². The van der Waals surface area contributed by atoms with Crippen LogP contribution in [0.15, 0.2) is 24.5 Å². The van der Waals surface area contributed by atoms with Gasteiger partial charge in [-0.05, 0) is 30.0 Å². The first-order valence-electron chi connectivity index (χ1n) is 4.78. The van der Waals surface area contributed by atoms with Gasteiger partial charge in [-0.15, -0.1) is 0 Å². The Morgan fingerprint density at radius 3 is 3.00 bits per heavy atom. The Bertz CT molecular complexity index is 445. The maximum Gasteiger partial charge on any atom is 0.0708 e. The van der Waals surface area contributed by atoms with E-state index in [1.807, 2.05) is 29.0 Å². The number of aromatic nitrogens is 2. The van der Waals surface area contributed by atoms with Crippen LogP contribution in [0.3, 0.4) is 0 Å². The molecular formula is C11H13ClN2. The predicted octanol–water partition coefficient (Wildman–Crippen LogP) is 3.19. The Kier molecular flexibility index (Phi) is 2.46. The fourth-order valence-electron chi connectivity index (χ4n) is 1.60. The van der Waals surface area contributed by atoms with E-state index >= 15 is 0 Å². The molecule has 0 unspecified atom stereocenters. The van der Waals surface area contributed by atoms with Crippen molar-refractivity contribution in [3.05, 3.63) is 35.1 Å². The first kappa shape index (κ1) is 9.53. The highest BCUT2D eigenvalue weighted by Gasteiger charge is 2.05. The Balaban J connectivity index is 2.50. The lowest BCUT2D eigenvalue weighted by molar-refractivity contribution is 0.650. The van der Waals surface area contributed by atoms with Gasteiger partial charge >= 0.3 is 0 Å². The molecule has 0 saturated carbocycles. The van der Waals surface area contributed by atoms with Crippen LogP contribution in [0.4, 0.5) is 0 Å². The molecule has 0 saturated heterocycles. The highest BCUT2D eigenvalue weighted by molar-refractivity contribution is 6.30. The molecular weight excluding hydrogens is 196 g/mol. The zero-order valence-electron chi connectivity index (χ0n) is 8.37. The number of rotatable bonds is 2. The topological polar surface area (TPSA) is 17.3 Å². The van der Waals surface area contributed by atoms with Crippen LogP contribution >= 0.6 is 11.6 Å². The second-order valence-electron chi connectivity index (χ2n) is 3.94. The fraction of sp³-hybridized carbons (Fsp3) is 0.364. The third-order valence-corrected chi connectivity index (χ3v) is 2.43. The lowest BCUT2D eigenvalue weighted by atomic mass is 10.0. The smallest absolute Gasteiger partial charge is 0.0708 e. The summed E-state index contributed by atoms with van der Waals surface area (Å²) in [4.78, 5) is 0. The molecule has 2 nitrogen and oxygen atoms in total. The van der Waals surface area contributed by atoms with E-state index in [2.05, 4.69) is 18.9 Å². The van der Waals surface area contributed by atoms with Gasteiger partial charge in [-0.25, -0.2) is 4.52 Å². The molecule has 0 N–H and O–H groups in total. The predicted molar refractivity (Wildman–Crippen MR) is 58.7 cm³/mol. The third kappa shape index (κ3) is 1.75. The van der Waals surface area contributed by atoms with Gasteiger partial charge in [-0.3, -0.25) is 0 Å². The number of fused-ring (bicyclic) bond motifs is 1. The van der Waals surface area contributed by atoms with Crippen molar-refractivity contribution >= 4 is 17.1 Å². The van der Waals surface area contributed by atoms with Gasteiger partial charge in [-0.1, -0.05) is 25.4 Å². The largest absolute Gasteiger partial charge is 0.241 e. The van der Waals surface area contributed by atoms with Crippen LogP contribution in [0.2, 0.25) is 5.02 Å². The second kappa shape index (κ2) is 3.62. The summed E-state index contributed by atoms with van der Waals surface area (Å²) in [7, 11) is 0. The molecule has 0 aromatic carbocycles. The van der Waals surface area contributed by atoms with Crippen LogP contribution in [0.5, 0.6) is 0 Å². The monoisotopic (exact) mass is 208 g/mol. The molecule has 0 aliphatic carbocycles. The second-order valence-corrected chi connectivity index (χ2v) is 4.38. The first-order valence-corrected chi connectivity index (χ1v) is 5.16. The van der Waals surface area contributed by atoms with Crippen molar-refractivity contribution in [2.45, 2.75) is 20.3 Å². The molecule has 2 heterocycles. The average molecular weight is 209 g/mol. The zero-order chi connectivity index (χ0) is 10.1. The number of hydrogen-bond donors (Lipinski definition) is 0. The minimum Gasteiger partial charge on any atom is -0.241 e. The van der Waals surface area contributed by atoms with Crippen molar-refractivity contribution in [1.82, 2.24) is 9.61 Å². The van der Waals surface area contributed by atoms with Crippen LogP contribution in [0.1, 0.15) is 19.4 Å². The van der Waals surface area contributed by atoms with Gasteiger partial charge in [0.05, 0.1) is 11.7 Å². The molecule has 2 aromatic rings. The summed E-state index contributed by atoms with van der Waals surface area (Å²) in [6, 6.07) is 3.81. The van der Waals surface area contributed by atoms with Crippen molar-refractivity contribution in [3.63, 3.8) is 0 Å². The van der Waals surface area contributed by atoms with Gasteiger partial charge in [0.2, 0.25) is 0 Å². The number of hydrogen-bond acceptors (Lipinski definition) is 1. The summed E-state index contributed by atoms with van der Waals surface area (Å²) in [6.07, 6.45) is 4.86. The van der Waals surface area contributed by atoms with Crippen molar-refractivity contribution in [2.75, 3.05) is 0 Å². The summed E-state index contributed by atoms with van der Waals surface area (Å²) < 4.78 is 1.86. The van der Waals surface area contributed by atoms with E-state index in [0.717, 1.165) is 17.0 Å². The lowest BCUT2D eigenvalue weighted by Crippen LogP contribution is -1.93. The highest BCUT2D eigenvalue weighted by atomic mass is 35.5. The molecule has 0 radical (unpaired) electrons. The summed E-state index contributed by atoms with van der Waals surface area (Å²) in [5.41, 5.74) is 2.38. The lowest BCUT2D eigenvalue weighted by Gasteiger charge is -2.02. The van der Waals surface area contributed by atoms with Crippen molar-refractivity contribution in [1.29, 1.82) is 0 Å². The van der Waals surface area contributed by atoms with E-state index < -0.39 is 0 Å². The maximum absolute atomic E-state index is 5.94. The highest BCUT2D eigenvalue weighted by Crippen LogP contribution is 2.18. The number of pyridine rings is 1. The molecule has 0 aliphatic heterocycles. The molecule has 0 spiro atoms. The van der Waals surface area contributed by atoms with Gasteiger partial charge in [0.15, 0.2) is 0 Å². The van der Waals surface area contributed by atoms with Gasteiger partial charge in [-0.2, -0.15) is 5.10 Å².